The SMILES string of the molecule is CCCCCc1ccc(C(=O)N(Cc2ccc(N3CCSCC3)cc2)C2CCN(Cc3ncc[nH]3)CC2)cc1. The van der Waals surface area contributed by atoms with Crippen molar-refractivity contribution in [3.8, 4) is 0 Å². The number of nitrogens with zero attached hydrogens (tertiary/aromatic N) is 4. The van der Waals surface area contributed by atoms with Gasteiger partial charge in [-0.3, -0.25) is 9.69 Å². The van der Waals surface area contributed by atoms with Crippen molar-refractivity contribution >= 4 is 23.4 Å². The van der Waals surface area contributed by atoms with Gasteiger partial charge in [-0.05, 0) is 61.1 Å². The molecule has 39 heavy (non-hydrogen) atoms. The van der Waals surface area contributed by atoms with E-state index in [4.69, 9.17) is 0 Å². The number of H-pyrrole nitrogens is 1. The molecule has 2 saturated heterocycles. The van der Waals surface area contributed by atoms with Gasteiger partial charge in [-0.1, -0.05) is 44.0 Å². The second-order valence-corrected chi connectivity index (χ2v) is 12.1. The van der Waals surface area contributed by atoms with E-state index in [1.54, 1.807) is 0 Å². The maximum absolute atomic E-state index is 14.0. The van der Waals surface area contributed by atoms with E-state index in [1.165, 1.54) is 47.6 Å². The van der Waals surface area contributed by atoms with Crippen molar-refractivity contribution in [2.24, 2.45) is 0 Å². The van der Waals surface area contributed by atoms with Gasteiger partial charge < -0.3 is 14.8 Å². The Kier molecular flexibility index (Phi) is 10.00. The zero-order valence-electron chi connectivity index (χ0n) is 23.4. The molecule has 0 unspecified atom stereocenters. The summed E-state index contributed by atoms with van der Waals surface area (Å²) < 4.78 is 0. The van der Waals surface area contributed by atoms with Gasteiger partial charge in [-0.15, -0.1) is 0 Å². The van der Waals surface area contributed by atoms with Crippen molar-refractivity contribution < 1.29 is 4.79 Å². The van der Waals surface area contributed by atoms with Crippen molar-refractivity contribution in [2.75, 3.05) is 42.6 Å². The maximum Gasteiger partial charge on any atom is 0.254 e. The fraction of sp³-hybridized carbons (Fsp3) is 0.500. The second kappa shape index (κ2) is 14.0. The molecule has 7 heteroatoms. The number of piperidine rings is 1. The standard InChI is InChI=1S/C32H43N5OS/c1-2-3-4-5-26-6-10-28(11-7-26)32(38)37(30-14-18-35(19-15-30)25-31-33-16-17-34-31)24-27-8-12-29(13-9-27)36-20-22-39-23-21-36/h6-13,16-17,30H,2-5,14-15,18-25H2,1H3,(H,33,34). The highest BCUT2D eigenvalue weighted by Gasteiger charge is 2.29. The number of carbonyl (C=O) groups is 1. The van der Waals surface area contributed by atoms with E-state index in [-0.39, 0.29) is 11.9 Å². The average molecular weight is 546 g/mol. The summed E-state index contributed by atoms with van der Waals surface area (Å²) in [6.07, 6.45) is 10.4. The van der Waals surface area contributed by atoms with Gasteiger partial charge >= 0.3 is 0 Å². The van der Waals surface area contributed by atoms with E-state index < -0.39 is 0 Å². The highest BCUT2D eigenvalue weighted by molar-refractivity contribution is 7.99. The second-order valence-electron chi connectivity index (χ2n) is 10.9. The Balaban J connectivity index is 1.28. The number of aromatic amines is 1. The lowest BCUT2D eigenvalue weighted by atomic mass is 9.99. The minimum absolute atomic E-state index is 0.150. The van der Waals surface area contributed by atoms with E-state index >= 15 is 0 Å². The van der Waals surface area contributed by atoms with Crippen LogP contribution in [0.3, 0.4) is 0 Å². The quantitative estimate of drug-likeness (QED) is 0.300. The molecule has 0 aliphatic carbocycles. The Morgan fingerprint density at radius 3 is 2.36 bits per heavy atom. The fourth-order valence-corrected chi connectivity index (χ4v) is 6.64. The van der Waals surface area contributed by atoms with E-state index in [0.717, 1.165) is 63.4 Å². The van der Waals surface area contributed by atoms with Crippen LogP contribution in [0.5, 0.6) is 0 Å². The summed E-state index contributed by atoms with van der Waals surface area (Å²) in [6.45, 7) is 7.88. The number of amides is 1. The van der Waals surface area contributed by atoms with Crippen LogP contribution in [0.15, 0.2) is 60.9 Å². The molecule has 2 aliphatic heterocycles. The minimum Gasteiger partial charge on any atom is -0.370 e. The number of anilines is 1. The van der Waals surface area contributed by atoms with Gasteiger partial charge in [0.2, 0.25) is 0 Å². The van der Waals surface area contributed by atoms with Crippen LogP contribution in [0.1, 0.15) is 66.3 Å². The Hall–Kier alpha value is -2.77. The van der Waals surface area contributed by atoms with Crippen molar-refractivity contribution in [1.29, 1.82) is 0 Å². The summed E-state index contributed by atoms with van der Waals surface area (Å²) in [5.74, 6) is 3.55. The molecule has 1 N–H and O–H groups in total. The third-order valence-corrected chi connectivity index (χ3v) is 9.06. The van der Waals surface area contributed by atoms with E-state index in [2.05, 4.69) is 68.0 Å². The van der Waals surface area contributed by atoms with E-state index in [1.807, 2.05) is 36.3 Å². The largest absolute Gasteiger partial charge is 0.370 e. The predicted octanol–water partition coefficient (Wildman–Crippen LogP) is 6.00. The Morgan fingerprint density at radius 1 is 0.974 bits per heavy atom. The molecule has 3 aromatic rings. The lowest BCUT2D eigenvalue weighted by Crippen LogP contribution is -2.47. The molecular weight excluding hydrogens is 502 g/mol. The van der Waals surface area contributed by atoms with Crippen molar-refractivity contribution in [3.63, 3.8) is 0 Å². The highest BCUT2D eigenvalue weighted by atomic mass is 32.2. The number of imidazole rings is 1. The first-order chi connectivity index (χ1) is 19.2. The molecule has 2 fully saturated rings. The van der Waals surface area contributed by atoms with Crippen LogP contribution >= 0.6 is 11.8 Å². The maximum atomic E-state index is 14.0. The number of hydrogen-bond acceptors (Lipinski definition) is 5. The van der Waals surface area contributed by atoms with Gasteiger partial charge in [-0.2, -0.15) is 11.8 Å². The van der Waals surface area contributed by atoms with Crippen LogP contribution < -0.4 is 4.90 Å². The van der Waals surface area contributed by atoms with Crippen LogP contribution in [-0.2, 0) is 19.5 Å². The fourth-order valence-electron chi connectivity index (χ4n) is 5.74. The van der Waals surface area contributed by atoms with E-state index in [9.17, 15) is 4.79 Å². The molecule has 0 atom stereocenters. The number of carbonyl (C=O) groups excluding carboxylic acids is 1. The highest BCUT2D eigenvalue weighted by Crippen LogP contribution is 2.25. The number of likely N-dealkylation sites (tertiary alicyclic amines) is 1. The molecule has 2 aliphatic rings. The average Bonchev–Trinajstić information content (AvgIpc) is 3.50. The molecule has 0 bridgehead atoms. The van der Waals surface area contributed by atoms with Gasteiger partial charge in [0.25, 0.3) is 5.91 Å². The molecule has 1 aromatic heterocycles. The lowest BCUT2D eigenvalue weighted by Gasteiger charge is -2.38. The molecule has 0 radical (unpaired) electrons. The summed E-state index contributed by atoms with van der Waals surface area (Å²) in [5, 5.41) is 0. The van der Waals surface area contributed by atoms with Gasteiger partial charge in [0.15, 0.2) is 0 Å². The molecule has 208 valence electrons. The molecule has 0 spiro atoms. The Morgan fingerprint density at radius 2 is 1.69 bits per heavy atom. The number of aromatic nitrogens is 2. The number of benzene rings is 2. The van der Waals surface area contributed by atoms with Crippen LogP contribution in [0, 0.1) is 0 Å². The van der Waals surface area contributed by atoms with Gasteiger partial charge in [0.1, 0.15) is 5.82 Å². The minimum atomic E-state index is 0.150. The smallest absolute Gasteiger partial charge is 0.254 e. The third kappa shape index (κ3) is 7.67. The number of aryl methyl sites for hydroxylation is 1. The number of thioether (sulfide) groups is 1. The molecule has 1 amide bonds. The first-order valence-electron chi connectivity index (χ1n) is 14.7. The summed E-state index contributed by atoms with van der Waals surface area (Å²) >= 11 is 2.03. The molecular formula is C32H43N5OS. The number of nitrogens with one attached hydrogen (secondary N) is 1. The molecule has 3 heterocycles. The van der Waals surface area contributed by atoms with Crippen LogP contribution in [0.4, 0.5) is 5.69 Å². The van der Waals surface area contributed by atoms with Crippen LogP contribution in [0.25, 0.3) is 0 Å². The van der Waals surface area contributed by atoms with Crippen LogP contribution in [0.2, 0.25) is 0 Å². The molecule has 5 rings (SSSR count). The summed E-state index contributed by atoms with van der Waals surface area (Å²) in [5.41, 5.74) is 4.62. The summed E-state index contributed by atoms with van der Waals surface area (Å²) in [7, 11) is 0. The van der Waals surface area contributed by atoms with Gasteiger partial charge in [0.05, 0.1) is 6.54 Å². The molecule has 6 nitrogen and oxygen atoms in total. The predicted molar refractivity (Wildman–Crippen MR) is 162 cm³/mol. The molecule has 0 saturated carbocycles. The van der Waals surface area contributed by atoms with Crippen molar-refractivity contribution in [2.45, 2.75) is 64.6 Å². The zero-order chi connectivity index (χ0) is 26.9. The van der Waals surface area contributed by atoms with Crippen molar-refractivity contribution in [3.05, 3.63) is 83.4 Å². The number of rotatable bonds is 11. The number of hydrogen-bond donors (Lipinski definition) is 1. The summed E-state index contributed by atoms with van der Waals surface area (Å²) in [6, 6.07) is 17.5. The number of unbranched alkanes of at least 4 members (excludes halogenated alkanes) is 2. The zero-order valence-corrected chi connectivity index (χ0v) is 24.2. The molecule has 2 aromatic carbocycles. The van der Waals surface area contributed by atoms with Crippen LogP contribution in [-0.4, -0.2) is 69.4 Å². The Bertz CT molecular complexity index is 1130. The third-order valence-electron chi connectivity index (χ3n) is 8.12. The normalized spacial score (nSPS) is 16.9. The topological polar surface area (TPSA) is 55.5 Å². The van der Waals surface area contributed by atoms with Gasteiger partial charge in [0, 0.05) is 73.9 Å². The first-order valence-corrected chi connectivity index (χ1v) is 15.9. The van der Waals surface area contributed by atoms with E-state index in [0.29, 0.717) is 6.54 Å². The first kappa shape index (κ1) is 27.8. The van der Waals surface area contributed by atoms with Crippen molar-refractivity contribution in [1.82, 2.24) is 19.8 Å². The lowest BCUT2D eigenvalue weighted by molar-refractivity contribution is 0.0540. The Labute approximate surface area is 238 Å². The van der Waals surface area contributed by atoms with Gasteiger partial charge in [-0.25, -0.2) is 4.98 Å². The monoisotopic (exact) mass is 545 g/mol. The summed E-state index contributed by atoms with van der Waals surface area (Å²) in [4.78, 5) is 28.6.